The molecule has 8 heteroatoms. The predicted molar refractivity (Wildman–Crippen MR) is 68.6 cm³/mol. The summed E-state index contributed by atoms with van der Waals surface area (Å²) in [6.45, 7) is 0.771. The second-order valence-corrected chi connectivity index (χ2v) is 4.32. The predicted octanol–water partition coefficient (Wildman–Crippen LogP) is 0.115. The molecule has 0 fully saturated rings. The number of carboxylic acids is 2. The highest BCUT2D eigenvalue weighted by Crippen LogP contribution is 2.30. The number of benzene rings is 1. The van der Waals surface area contributed by atoms with Crippen LogP contribution in [0.25, 0.3) is 0 Å². The number of hydrogen-bond donors (Lipinski definition) is 3. The normalized spacial score (nSPS) is 14.1. The number of carbonyl (C=O) groups excluding carboxylic acids is 1. The Labute approximate surface area is 119 Å². The van der Waals surface area contributed by atoms with Gasteiger partial charge in [0, 0.05) is 5.56 Å². The molecule has 0 saturated carbocycles. The molecule has 3 N–H and O–H groups in total. The molecular formula is C13H13NO7. The number of carbonyl (C=O) groups is 3. The van der Waals surface area contributed by atoms with Crippen LogP contribution in [-0.2, 0) is 9.59 Å². The Hall–Kier alpha value is -2.77. The first-order chi connectivity index (χ1) is 9.97. The minimum absolute atomic E-state index is 0.163. The van der Waals surface area contributed by atoms with E-state index in [1.807, 2.05) is 0 Å². The van der Waals surface area contributed by atoms with Gasteiger partial charge >= 0.3 is 11.9 Å². The van der Waals surface area contributed by atoms with Gasteiger partial charge in [-0.25, -0.2) is 4.79 Å². The highest BCUT2D eigenvalue weighted by atomic mass is 16.6. The van der Waals surface area contributed by atoms with E-state index >= 15 is 0 Å². The van der Waals surface area contributed by atoms with E-state index in [-0.39, 0.29) is 5.56 Å². The van der Waals surface area contributed by atoms with Crippen LogP contribution in [0.15, 0.2) is 18.2 Å². The molecule has 0 unspecified atom stereocenters. The first kappa shape index (κ1) is 14.6. The van der Waals surface area contributed by atoms with Gasteiger partial charge in [0.25, 0.3) is 5.91 Å². The summed E-state index contributed by atoms with van der Waals surface area (Å²) in [5.41, 5.74) is 0.163. The van der Waals surface area contributed by atoms with Gasteiger partial charge in [0.05, 0.1) is 6.42 Å². The zero-order valence-electron chi connectivity index (χ0n) is 10.9. The van der Waals surface area contributed by atoms with Crippen molar-refractivity contribution in [2.24, 2.45) is 0 Å². The van der Waals surface area contributed by atoms with Gasteiger partial charge in [-0.15, -0.1) is 0 Å². The van der Waals surface area contributed by atoms with Gasteiger partial charge in [-0.1, -0.05) is 0 Å². The summed E-state index contributed by atoms with van der Waals surface area (Å²) in [6, 6.07) is 2.91. The molecule has 0 aromatic heterocycles. The van der Waals surface area contributed by atoms with Crippen LogP contribution < -0.4 is 14.8 Å². The zero-order valence-corrected chi connectivity index (χ0v) is 10.9. The Morgan fingerprint density at radius 1 is 1.14 bits per heavy atom. The molecule has 0 aliphatic carbocycles. The molecule has 0 spiro atoms. The highest BCUT2D eigenvalue weighted by Gasteiger charge is 2.24. The van der Waals surface area contributed by atoms with Gasteiger partial charge in [-0.3, -0.25) is 9.59 Å². The summed E-state index contributed by atoms with van der Waals surface area (Å²) in [7, 11) is 0. The molecule has 0 radical (unpaired) electrons. The number of ether oxygens (including phenoxy) is 2. The second kappa shape index (κ2) is 6.12. The zero-order chi connectivity index (χ0) is 15.4. The Kier molecular flexibility index (Phi) is 4.27. The van der Waals surface area contributed by atoms with Gasteiger partial charge in [0.1, 0.15) is 19.3 Å². The molecule has 1 aliphatic heterocycles. The third-order valence-corrected chi connectivity index (χ3v) is 2.79. The number of fused-ring (bicyclic) bond motifs is 1. The summed E-state index contributed by atoms with van der Waals surface area (Å²) in [5, 5.41) is 19.7. The fourth-order valence-electron chi connectivity index (χ4n) is 1.80. The smallest absolute Gasteiger partial charge is 0.326 e. The lowest BCUT2D eigenvalue weighted by Gasteiger charge is -2.19. The molecule has 1 amide bonds. The molecule has 1 aliphatic rings. The maximum absolute atomic E-state index is 12.0. The Morgan fingerprint density at radius 2 is 1.81 bits per heavy atom. The van der Waals surface area contributed by atoms with E-state index < -0.39 is 30.3 Å². The molecule has 0 bridgehead atoms. The van der Waals surface area contributed by atoms with E-state index in [4.69, 9.17) is 19.7 Å². The molecule has 2 rings (SSSR count). The van der Waals surface area contributed by atoms with Gasteiger partial charge in [0.15, 0.2) is 11.5 Å². The molecule has 0 saturated heterocycles. The summed E-state index contributed by atoms with van der Waals surface area (Å²) in [4.78, 5) is 33.4. The maximum Gasteiger partial charge on any atom is 0.326 e. The maximum atomic E-state index is 12.0. The van der Waals surface area contributed by atoms with Crippen molar-refractivity contribution in [2.75, 3.05) is 13.2 Å². The van der Waals surface area contributed by atoms with Crippen molar-refractivity contribution >= 4 is 17.8 Å². The van der Waals surface area contributed by atoms with Gasteiger partial charge < -0.3 is 25.0 Å². The van der Waals surface area contributed by atoms with Crippen LogP contribution in [-0.4, -0.2) is 47.3 Å². The fourth-order valence-corrected chi connectivity index (χ4v) is 1.80. The van der Waals surface area contributed by atoms with Crippen LogP contribution in [0.1, 0.15) is 16.8 Å². The van der Waals surface area contributed by atoms with E-state index in [1.54, 1.807) is 0 Å². The lowest BCUT2D eigenvalue weighted by atomic mass is 10.1. The number of carboxylic acid groups (broad SMARTS) is 2. The standard InChI is InChI=1S/C13H13NO7/c15-11(16)6-8(13(18)19)14-12(17)7-1-2-9-10(5-7)21-4-3-20-9/h1-2,5,8H,3-4,6H2,(H,14,17)(H,15,16)(H,18,19)/t8-/m1/s1. The van der Waals surface area contributed by atoms with Crippen LogP contribution in [0.4, 0.5) is 0 Å². The van der Waals surface area contributed by atoms with Crippen molar-refractivity contribution < 1.29 is 34.1 Å². The van der Waals surface area contributed by atoms with Crippen molar-refractivity contribution in [3.63, 3.8) is 0 Å². The molecular weight excluding hydrogens is 282 g/mol. The monoisotopic (exact) mass is 295 g/mol. The third kappa shape index (κ3) is 3.62. The van der Waals surface area contributed by atoms with Gasteiger partial charge in [-0.05, 0) is 18.2 Å². The van der Waals surface area contributed by atoms with Crippen molar-refractivity contribution in [3.8, 4) is 11.5 Å². The molecule has 1 aromatic carbocycles. The van der Waals surface area contributed by atoms with E-state index in [0.717, 1.165) is 0 Å². The summed E-state index contributed by atoms with van der Waals surface area (Å²) in [6.07, 6.45) is -0.703. The van der Waals surface area contributed by atoms with E-state index in [1.165, 1.54) is 18.2 Å². The lowest BCUT2D eigenvalue weighted by molar-refractivity contribution is -0.145. The summed E-state index contributed by atoms with van der Waals surface area (Å²) < 4.78 is 10.6. The van der Waals surface area contributed by atoms with Gasteiger partial charge in [-0.2, -0.15) is 0 Å². The van der Waals surface area contributed by atoms with Crippen molar-refractivity contribution in [2.45, 2.75) is 12.5 Å². The number of rotatable bonds is 5. The third-order valence-electron chi connectivity index (χ3n) is 2.79. The average Bonchev–Trinajstić information content (AvgIpc) is 2.45. The summed E-state index contributed by atoms with van der Waals surface area (Å²) >= 11 is 0. The quantitative estimate of drug-likeness (QED) is 0.705. The minimum Gasteiger partial charge on any atom is -0.486 e. The Morgan fingerprint density at radius 3 is 2.43 bits per heavy atom. The first-order valence-electron chi connectivity index (χ1n) is 6.12. The molecule has 1 atom stereocenters. The van der Waals surface area contributed by atoms with Crippen LogP contribution in [0.3, 0.4) is 0 Å². The van der Waals surface area contributed by atoms with E-state index in [2.05, 4.69) is 5.32 Å². The molecule has 112 valence electrons. The second-order valence-electron chi connectivity index (χ2n) is 4.32. The topological polar surface area (TPSA) is 122 Å². The molecule has 1 heterocycles. The summed E-state index contributed by atoms with van der Waals surface area (Å²) in [5.74, 6) is -2.54. The number of hydrogen-bond acceptors (Lipinski definition) is 5. The minimum atomic E-state index is -1.50. The lowest BCUT2D eigenvalue weighted by Crippen LogP contribution is -2.42. The van der Waals surface area contributed by atoms with Crippen LogP contribution >= 0.6 is 0 Å². The number of amides is 1. The molecule has 8 nitrogen and oxygen atoms in total. The molecule has 21 heavy (non-hydrogen) atoms. The number of nitrogens with one attached hydrogen (secondary N) is 1. The Balaban J connectivity index is 2.12. The van der Waals surface area contributed by atoms with Crippen molar-refractivity contribution in [1.29, 1.82) is 0 Å². The fraction of sp³-hybridized carbons (Fsp3) is 0.308. The largest absolute Gasteiger partial charge is 0.486 e. The Bertz CT molecular complexity index is 584. The first-order valence-corrected chi connectivity index (χ1v) is 6.12. The van der Waals surface area contributed by atoms with Gasteiger partial charge in [0.2, 0.25) is 0 Å². The van der Waals surface area contributed by atoms with E-state index in [9.17, 15) is 14.4 Å². The highest BCUT2D eigenvalue weighted by molar-refractivity contribution is 5.97. The van der Waals surface area contributed by atoms with E-state index in [0.29, 0.717) is 24.7 Å². The van der Waals surface area contributed by atoms with Crippen LogP contribution in [0, 0.1) is 0 Å². The van der Waals surface area contributed by atoms with Crippen LogP contribution in [0.2, 0.25) is 0 Å². The van der Waals surface area contributed by atoms with Crippen LogP contribution in [0.5, 0.6) is 11.5 Å². The molecule has 1 aromatic rings. The average molecular weight is 295 g/mol. The van der Waals surface area contributed by atoms with Crippen molar-refractivity contribution in [3.05, 3.63) is 23.8 Å². The van der Waals surface area contributed by atoms with Crippen molar-refractivity contribution in [1.82, 2.24) is 5.32 Å². The number of aliphatic carboxylic acids is 2. The SMILES string of the molecule is O=C(O)C[C@@H](NC(=O)c1ccc2c(c1)OCCO2)C(=O)O.